The van der Waals surface area contributed by atoms with Gasteiger partial charge in [0.05, 0.1) is 5.56 Å². The van der Waals surface area contributed by atoms with Gasteiger partial charge in [0, 0.05) is 36.1 Å². The molecular weight excluding hydrogens is 486 g/mol. The van der Waals surface area contributed by atoms with Crippen molar-refractivity contribution in [1.29, 1.82) is 0 Å². The van der Waals surface area contributed by atoms with Crippen LogP contribution in [0, 0.1) is 5.41 Å². The molecule has 2 atom stereocenters. The fraction of sp³-hybridized carbons (Fsp3) is 0.583. The summed E-state index contributed by atoms with van der Waals surface area (Å²) < 4.78 is 29.5. The number of hydrogen-bond donors (Lipinski definition) is 3. The SMILES string of the molecule is Cn1nc(C(F)F)cc1Nc1nncn1[C@H]1CCc2sc(NC3CC3)c(C(=O)NC3CC34CC4)c2C1. The van der Waals surface area contributed by atoms with E-state index >= 15 is 0 Å². The summed E-state index contributed by atoms with van der Waals surface area (Å²) >= 11 is 1.72. The molecule has 12 heteroatoms. The van der Waals surface area contributed by atoms with Crippen LogP contribution >= 0.6 is 11.3 Å². The van der Waals surface area contributed by atoms with E-state index in [0.29, 0.717) is 35.7 Å². The number of aromatic nitrogens is 5. The number of thiophene rings is 1. The van der Waals surface area contributed by atoms with Crippen LogP contribution in [-0.4, -0.2) is 42.5 Å². The topological polar surface area (TPSA) is 102 Å². The van der Waals surface area contributed by atoms with Crippen LogP contribution in [0.4, 0.5) is 25.5 Å². The Morgan fingerprint density at radius 2 is 2.11 bits per heavy atom. The number of carbonyl (C=O) groups excluding carboxylic acids is 1. The normalized spacial score (nSPS) is 23.6. The van der Waals surface area contributed by atoms with Gasteiger partial charge in [-0.1, -0.05) is 0 Å². The van der Waals surface area contributed by atoms with Crippen molar-refractivity contribution in [2.45, 2.75) is 75.9 Å². The third kappa shape index (κ3) is 3.86. The average Bonchev–Trinajstić information content (AvgIpc) is 3.80. The number of nitrogens with zero attached hydrogens (tertiary/aromatic N) is 5. The lowest BCUT2D eigenvalue weighted by atomic mass is 9.91. The highest BCUT2D eigenvalue weighted by Gasteiger charge is 2.63. The Morgan fingerprint density at radius 3 is 2.81 bits per heavy atom. The maximum Gasteiger partial charge on any atom is 0.282 e. The summed E-state index contributed by atoms with van der Waals surface area (Å²) in [6.07, 6.45) is 7.32. The van der Waals surface area contributed by atoms with Gasteiger partial charge < -0.3 is 16.0 Å². The van der Waals surface area contributed by atoms with Gasteiger partial charge in [-0.25, -0.2) is 8.78 Å². The molecule has 4 aliphatic rings. The van der Waals surface area contributed by atoms with Crippen molar-refractivity contribution >= 4 is 34.0 Å². The number of aryl methyl sites for hydroxylation is 2. The van der Waals surface area contributed by atoms with Crippen molar-refractivity contribution in [1.82, 2.24) is 29.9 Å². The predicted molar refractivity (Wildman–Crippen MR) is 131 cm³/mol. The Labute approximate surface area is 210 Å². The molecule has 3 heterocycles. The molecule has 0 aliphatic heterocycles. The maximum atomic E-state index is 13.5. The summed E-state index contributed by atoms with van der Waals surface area (Å²) in [5.41, 5.74) is 2.03. The number of halogens is 2. The van der Waals surface area contributed by atoms with Gasteiger partial charge in [0.25, 0.3) is 12.3 Å². The zero-order chi connectivity index (χ0) is 24.6. The minimum Gasteiger partial charge on any atom is -0.374 e. The van der Waals surface area contributed by atoms with Crippen molar-refractivity contribution in [3.63, 3.8) is 0 Å². The summed E-state index contributed by atoms with van der Waals surface area (Å²) in [6.45, 7) is 0. The van der Waals surface area contributed by atoms with E-state index in [1.807, 2.05) is 4.57 Å². The average molecular weight is 515 g/mol. The fourth-order valence-electron chi connectivity index (χ4n) is 5.48. The fourth-order valence-corrected chi connectivity index (χ4v) is 6.80. The van der Waals surface area contributed by atoms with Gasteiger partial charge in [-0.3, -0.25) is 14.0 Å². The molecule has 3 aromatic heterocycles. The van der Waals surface area contributed by atoms with Crippen molar-refractivity contribution in [3.05, 3.63) is 34.1 Å². The number of alkyl halides is 2. The van der Waals surface area contributed by atoms with Gasteiger partial charge in [-0.15, -0.1) is 21.5 Å². The molecule has 1 unspecified atom stereocenters. The first-order chi connectivity index (χ1) is 17.4. The zero-order valence-electron chi connectivity index (χ0n) is 19.9. The molecule has 0 aromatic carbocycles. The Balaban J connectivity index is 1.15. The molecule has 4 aliphatic carbocycles. The highest BCUT2D eigenvalue weighted by molar-refractivity contribution is 7.16. The monoisotopic (exact) mass is 514 g/mol. The van der Waals surface area contributed by atoms with Crippen LogP contribution in [0.1, 0.15) is 77.5 Å². The van der Waals surface area contributed by atoms with Crippen LogP contribution in [-0.2, 0) is 19.9 Å². The van der Waals surface area contributed by atoms with Crippen LogP contribution in [0.3, 0.4) is 0 Å². The highest BCUT2D eigenvalue weighted by atomic mass is 32.1. The van der Waals surface area contributed by atoms with Crippen LogP contribution in [0.2, 0.25) is 0 Å². The highest BCUT2D eigenvalue weighted by Crippen LogP contribution is 2.66. The van der Waals surface area contributed by atoms with E-state index in [4.69, 9.17) is 0 Å². The predicted octanol–water partition coefficient (Wildman–Crippen LogP) is 4.34. The van der Waals surface area contributed by atoms with E-state index in [1.165, 1.54) is 28.5 Å². The van der Waals surface area contributed by atoms with Crippen molar-refractivity contribution in [2.24, 2.45) is 12.5 Å². The molecule has 3 saturated carbocycles. The first-order valence-corrected chi connectivity index (χ1v) is 13.4. The standard InChI is InChI=1S/C24H28F2N8OS/c1-33-18(9-15(32-33)20(25)26)30-23-31-27-11-34(23)13-4-5-16-14(8-13)19(22(36-16)28-12-2-3-12)21(35)29-17-10-24(17)6-7-24/h9,11-13,17,20,28H,2-8,10H2,1H3,(H,29,35)(H,30,31)/t13-,17?/m0/s1. The van der Waals surface area contributed by atoms with Crippen molar-refractivity contribution < 1.29 is 13.6 Å². The number of rotatable bonds is 8. The van der Waals surface area contributed by atoms with Crippen LogP contribution in [0.15, 0.2) is 12.4 Å². The summed E-state index contributed by atoms with van der Waals surface area (Å²) in [7, 11) is 1.61. The molecule has 0 bridgehead atoms. The zero-order valence-corrected chi connectivity index (χ0v) is 20.7. The largest absolute Gasteiger partial charge is 0.374 e. The lowest BCUT2D eigenvalue weighted by Crippen LogP contribution is -2.29. The molecule has 0 saturated heterocycles. The quantitative estimate of drug-likeness (QED) is 0.413. The second-order valence-corrected chi connectivity index (χ2v) is 11.8. The van der Waals surface area contributed by atoms with Gasteiger partial charge in [-0.05, 0) is 62.3 Å². The molecule has 1 spiro atoms. The molecule has 36 heavy (non-hydrogen) atoms. The summed E-state index contributed by atoms with van der Waals surface area (Å²) in [6, 6.07) is 2.15. The van der Waals surface area contributed by atoms with Gasteiger partial charge in [-0.2, -0.15) is 5.10 Å². The Morgan fingerprint density at radius 1 is 1.28 bits per heavy atom. The second kappa shape index (κ2) is 7.99. The summed E-state index contributed by atoms with van der Waals surface area (Å²) in [5.74, 6) is 0.932. The molecule has 0 radical (unpaired) electrons. The molecule has 1 amide bonds. The molecule has 190 valence electrons. The Kier molecular flexibility index (Phi) is 4.93. The van der Waals surface area contributed by atoms with E-state index in [1.54, 1.807) is 24.7 Å². The third-order valence-corrected chi connectivity index (χ3v) is 9.31. The lowest BCUT2D eigenvalue weighted by Gasteiger charge is -2.25. The molecular formula is C24H28F2N8OS. The van der Waals surface area contributed by atoms with Crippen molar-refractivity contribution in [2.75, 3.05) is 10.6 Å². The van der Waals surface area contributed by atoms with Gasteiger partial charge in [0.1, 0.15) is 22.8 Å². The lowest BCUT2D eigenvalue weighted by molar-refractivity contribution is 0.0948. The smallest absolute Gasteiger partial charge is 0.282 e. The van der Waals surface area contributed by atoms with Gasteiger partial charge in [0.2, 0.25) is 5.95 Å². The first-order valence-electron chi connectivity index (χ1n) is 12.6. The van der Waals surface area contributed by atoms with E-state index in [-0.39, 0.29) is 17.6 Å². The van der Waals surface area contributed by atoms with E-state index in [9.17, 15) is 13.6 Å². The number of nitrogens with one attached hydrogen (secondary N) is 3. The summed E-state index contributed by atoms with van der Waals surface area (Å²) in [4.78, 5) is 14.8. The van der Waals surface area contributed by atoms with E-state index in [2.05, 4.69) is 31.2 Å². The van der Waals surface area contributed by atoms with E-state index in [0.717, 1.165) is 48.2 Å². The molecule has 3 N–H and O–H groups in total. The van der Waals surface area contributed by atoms with Gasteiger partial charge in [0.15, 0.2) is 0 Å². The van der Waals surface area contributed by atoms with Crippen molar-refractivity contribution in [3.8, 4) is 0 Å². The second-order valence-electron chi connectivity index (χ2n) is 10.7. The minimum absolute atomic E-state index is 0.0431. The number of hydrogen-bond acceptors (Lipinski definition) is 7. The Bertz CT molecular complexity index is 1340. The maximum absolute atomic E-state index is 13.5. The molecule has 9 nitrogen and oxygen atoms in total. The minimum atomic E-state index is -2.64. The number of fused-ring (bicyclic) bond motifs is 1. The number of carbonyl (C=O) groups is 1. The third-order valence-electron chi connectivity index (χ3n) is 8.09. The number of anilines is 3. The van der Waals surface area contributed by atoms with Crippen LogP contribution in [0.25, 0.3) is 0 Å². The Hall–Kier alpha value is -3.02. The summed E-state index contributed by atoms with van der Waals surface area (Å²) in [5, 5.41) is 23.2. The van der Waals surface area contributed by atoms with Crippen LogP contribution < -0.4 is 16.0 Å². The van der Waals surface area contributed by atoms with E-state index < -0.39 is 6.43 Å². The molecule has 3 fully saturated rings. The van der Waals surface area contributed by atoms with Gasteiger partial charge >= 0.3 is 0 Å². The molecule has 7 rings (SSSR count). The molecule has 3 aromatic rings. The first kappa shape index (κ1) is 22.2. The number of amides is 1. The van der Waals surface area contributed by atoms with Crippen LogP contribution in [0.5, 0.6) is 0 Å².